The molecule has 186 valence electrons. The first-order chi connectivity index (χ1) is 16.1. The summed E-state index contributed by atoms with van der Waals surface area (Å²) >= 11 is 6.13. The van der Waals surface area contributed by atoms with Gasteiger partial charge in [0.25, 0.3) is 10.1 Å². The molecular formula is C24H29ClFNO6S. The number of hydrogen-bond donors (Lipinski definition) is 0. The van der Waals surface area contributed by atoms with Crippen LogP contribution in [0.25, 0.3) is 0 Å². The summed E-state index contributed by atoms with van der Waals surface area (Å²) in [6.07, 6.45) is 2.60. The number of nitrogens with zero attached hydrogens (tertiary/aromatic N) is 1. The summed E-state index contributed by atoms with van der Waals surface area (Å²) in [6, 6.07) is 9.86. The number of carbonyl (C=O) groups excluding carboxylic acids is 1. The van der Waals surface area contributed by atoms with E-state index < -0.39 is 21.4 Å². The van der Waals surface area contributed by atoms with Crippen molar-refractivity contribution in [1.29, 1.82) is 0 Å². The summed E-state index contributed by atoms with van der Waals surface area (Å²) < 4.78 is 53.3. The molecule has 0 radical (unpaired) electrons. The maximum Gasteiger partial charge on any atom is 0.264 e. The molecule has 2 aromatic carbocycles. The largest absolute Gasteiger partial charge is 0.493 e. The standard InChI is InChI=1S/C24H29ClFNO6S/c1-31-21-9-8-17(14-22(21)32-2)24(11-13-33-34(3,29)30)10-5-12-27(16-24)23(28)15-18-19(25)6-4-7-20(18)26/h4,6-9,14H,5,10-13,15-16H2,1-3H3/t24-/m1/s1. The van der Waals surface area contributed by atoms with Crippen molar-refractivity contribution in [3.63, 3.8) is 0 Å². The van der Waals surface area contributed by atoms with E-state index in [1.54, 1.807) is 24.1 Å². The highest BCUT2D eigenvalue weighted by Crippen LogP contribution is 2.41. The molecule has 34 heavy (non-hydrogen) atoms. The minimum Gasteiger partial charge on any atom is -0.493 e. The predicted octanol–water partition coefficient (Wildman–Crippen LogP) is 3.97. The number of hydrogen-bond acceptors (Lipinski definition) is 6. The summed E-state index contributed by atoms with van der Waals surface area (Å²) in [4.78, 5) is 14.9. The van der Waals surface area contributed by atoms with Crippen molar-refractivity contribution < 1.29 is 31.3 Å². The highest BCUT2D eigenvalue weighted by atomic mass is 35.5. The van der Waals surface area contributed by atoms with Gasteiger partial charge in [-0.1, -0.05) is 23.7 Å². The first-order valence-corrected chi connectivity index (χ1v) is 13.1. The van der Waals surface area contributed by atoms with Gasteiger partial charge >= 0.3 is 0 Å². The van der Waals surface area contributed by atoms with Crippen LogP contribution >= 0.6 is 11.6 Å². The molecule has 3 rings (SSSR count). The topological polar surface area (TPSA) is 82.1 Å². The van der Waals surface area contributed by atoms with E-state index >= 15 is 0 Å². The van der Waals surface area contributed by atoms with Crippen LogP contribution in [0.15, 0.2) is 36.4 Å². The molecule has 1 saturated heterocycles. The van der Waals surface area contributed by atoms with E-state index in [1.807, 2.05) is 12.1 Å². The first kappa shape index (κ1) is 26.2. The van der Waals surface area contributed by atoms with Crippen molar-refractivity contribution in [2.45, 2.75) is 31.1 Å². The first-order valence-electron chi connectivity index (χ1n) is 10.9. The number of halogens is 2. The van der Waals surface area contributed by atoms with Crippen molar-refractivity contribution in [2.24, 2.45) is 0 Å². The molecule has 0 spiro atoms. The lowest BCUT2D eigenvalue weighted by Crippen LogP contribution is -2.49. The van der Waals surface area contributed by atoms with Crippen molar-refractivity contribution in [1.82, 2.24) is 4.90 Å². The van der Waals surface area contributed by atoms with Crippen LogP contribution in [0.2, 0.25) is 5.02 Å². The highest BCUT2D eigenvalue weighted by Gasteiger charge is 2.39. The second-order valence-electron chi connectivity index (χ2n) is 8.42. The SMILES string of the molecule is COc1ccc([C@@]2(CCOS(C)(=O)=O)CCCN(C(=O)Cc3c(F)cccc3Cl)C2)cc1OC. The van der Waals surface area contributed by atoms with Gasteiger partial charge in [0.2, 0.25) is 5.91 Å². The maximum atomic E-state index is 14.3. The second-order valence-corrected chi connectivity index (χ2v) is 10.5. The van der Waals surface area contributed by atoms with Gasteiger partial charge in [-0.25, -0.2) is 4.39 Å². The van der Waals surface area contributed by atoms with Crippen molar-refractivity contribution in [3.05, 3.63) is 58.4 Å². The zero-order chi connectivity index (χ0) is 24.9. The molecule has 1 fully saturated rings. The normalized spacial score (nSPS) is 18.6. The lowest BCUT2D eigenvalue weighted by molar-refractivity contribution is -0.133. The van der Waals surface area contributed by atoms with Crippen LogP contribution < -0.4 is 9.47 Å². The predicted molar refractivity (Wildman–Crippen MR) is 128 cm³/mol. The molecule has 1 aliphatic heterocycles. The number of methoxy groups -OCH3 is 2. The van der Waals surface area contributed by atoms with Gasteiger partial charge in [-0.2, -0.15) is 8.42 Å². The van der Waals surface area contributed by atoms with Gasteiger partial charge in [-0.15, -0.1) is 0 Å². The number of amides is 1. The monoisotopic (exact) mass is 513 g/mol. The van der Waals surface area contributed by atoms with Crippen LogP contribution in [0.3, 0.4) is 0 Å². The van der Waals surface area contributed by atoms with Gasteiger partial charge in [0.15, 0.2) is 11.5 Å². The summed E-state index contributed by atoms with van der Waals surface area (Å²) in [5.74, 6) is 0.322. The number of carbonyl (C=O) groups is 1. The van der Waals surface area contributed by atoms with Gasteiger partial charge < -0.3 is 14.4 Å². The third kappa shape index (κ3) is 6.20. The van der Waals surface area contributed by atoms with Gasteiger partial charge in [-0.3, -0.25) is 8.98 Å². The number of ether oxygens (including phenoxy) is 2. The summed E-state index contributed by atoms with van der Waals surface area (Å²) in [5, 5.41) is 0.207. The van der Waals surface area contributed by atoms with E-state index in [-0.39, 0.29) is 29.5 Å². The maximum absolute atomic E-state index is 14.3. The molecule has 1 heterocycles. The van der Waals surface area contributed by atoms with E-state index in [9.17, 15) is 17.6 Å². The lowest BCUT2D eigenvalue weighted by atomic mass is 9.71. The molecular weight excluding hydrogens is 485 g/mol. The van der Waals surface area contributed by atoms with E-state index in [4.69, 9.17) is 25.3 Å². The van der Waals surface area contributed by atoms with Crippen LogP contribution in [0, 0.1) is 5.82 Å². The fourth-order valence-electron chi connectivity index (χ4n) is 4.45. The van der Waals surface area contributed by atoms with Crippen LogP contribution in [-0.2, 0) is 30.9 Å². The number of benzene rings is 2. The Bertz CT molecular complexity index is 1120. The Kier molecular flexibility index (Phi) is 8.43. The van der Waals surface area contributed by atoms with Crippen LogP contribution in [0.5, 0.6) is 11.5 Å². The van der Waals surface area contributed by atoms with Crippen LogP contribution in [0.1, 0.15) is 30.4 Å². The lowest BCUT2D eigenvalue weighted by Gasteiger charge is -2.43. The minimum atomic E-state index is -3.62. The zero-order valence-corrected chi connectivity index (χ0v) is 21.0. The Morgan fingerprint density at radius 1 is 1.18 bits per heavy atom. The van der Waals surface area contributed by atoms with E-state index in [0.29, 0.717) is 43.9 Å². The average molecular weight is 514 g/mol. The molecule has 1 amide bonds. The second kappa shape index (κ2) is 10.9. The molecule has 1 aliphatic rings. The third-order valence-corrected chi connectivity index (χ3v) is 7.14. The molecule has 10 heteroatoms. The van der Waals surface area contributed by atoms with Crippen molar-refractivity contribution >= 4 is 27.6 Å². The molecule has 0 aliphatic carbocycles. The molecule has 0 unspecified atom stereocenters. The molecule has 7 nitrogen and oxygen atoms in total. The van der Waals surface area contributed by atoms with Gasteiger partial charge in [0.1, 0.15) is 5.82 Å². The van der Waals surface area contributed by atoms with Gasteiger partial charge in [0.05, 0.1) is 33.5 Å². The van der Waals surface area contributed by atoms with Crippen LogP contribution in [-0.4, -0.2) is 59.4 Å². The number of piperidine rings is 1. The van der Waals surface area contributed by atoms with E-state index in [2.05, 4.69) is 0 Å². The molecule has 0 N–H and O–H groups in total. The Balaban J connectivity index is 1.91. The van der Waals surface area contributed by atoms with E-state index in [1.165, 1.54) is 19.2 Å². The van der Waals surface area contributed by atoms with Gasteiger partial charge in [-0.05, 0) is 49.1 Å². The third-order valence-electron chi connectivity index (χ3n) is 6.19. The highest BCUT2D eigenvalue weighted by molar-refractivity contribution is 7.85. The quantitative estimate of drug-likeness (QED) is 0.472. The Labute approximate surface area is 204 Å². The molecule has 0 bridgehead atoms. The molecule has 0 saturated carbocycles. The van der Waals surface area contributed by atoms with Gasteiger partial charge in [0, 0.05) is 29.1 Å². The average Bonchev–Trinajstić information content (AvgIpc) is 2.80. The smallest absolute Gasteiger partial charge is 0.264 e. The zero-order valence-electron chi connectivity index (χ0n) is 19.5. The number of likely N-dealkylation sites (tertiary alicyclic amines) is 1. The van der Waals surface area contributed by atoms with Crippen molar-refractivity contribution in [3.8, 4) is 11.5 Å². The molecule has 2 aromatic rings. The Morgan fingerprint density at radius 3 is 2.56 bits per heavy atom. The Hall–Kier alpha value is -2.36. The fourth-order valence-corrected chi connectivity index (χ4v) is 5.06. The minimum absolute atomic E-state index is 0.0334. The van der Waals surface area contributed by atoms with Crippen molar-refractivity contribution in [2.75, 3.05) is 40.2 Å². The summed E-state index contributed by atoms with van der Waals surface area (Å²) in [6.45, 7) is 0.793. The molecule has 1 atom stereocenters. The fraction of sp³-hybridized carbons (Fsp3) is 0.458. The molecule has 0 aromatic heterocycles. The van der Waals surface area contributed by atoms with E-state index in [0.717, 1.165) is 11.8 Å². The van der Waals surface area contributed by atoms with Crippen LogP contribution in [0.4, 0.5) is 4.39 Å². The summed E-state index contributed by atoms with van der Waals surface area (Å²) in [7, 11) is -0.538. The Morgan fingerprint density at radius 2 is 1.91 bits per heavy atom. The number of rotatable bonds is 9. The summed E-state index contributed by atoms with van der Waals surface area (Å²) in [5.41, 5.74) is 0.456.